The molecule has 6 nitrogen and oxygen atoms in total. The van der Waals surface area contributed by atoms with Gasteiger partial charge in [-0.15, -0.1) is 0 Å². The van der Waals surface area contributed by atoms with Crippen molar-refractivity contribution in [1.82, 2.24) is 9.78 Å². The molecule has 3 rings (SSSR count). The fourth-order valence-electron chi connectivity index (χ4n) is 2.75. The second-order valence-corrected chi connectivity index (χ2v) is 6.10. The Morgan fingerprint density at radius 1 is 1.00 bits per heavy atom. The number of hydrogen-bond acceptors (Lipinski definition) is 4. The topological polar surface area (TPSA) is 65.4 Å². The van der Waals surface area contributed by atoms with Gasteiger partial charge in [0.15, 0.2) is 0 Å². The summed E-state index contributed by atoms with van der Waals surface area (Å²) in [5.74, 6) is 1.49. The smallest absolute Gasteiger partial charge is 0.257 e. The van der Waals surface area contributed by atoms with E-state index in [0.29, 0.717) is 29.4 Å². The van der Waals surface area contributed by atoms with Crippen LogP contribution in [0.1, 0.15) is 28.4 Å². The van der Waals surface area contributed by atoms with Gasteiger partial charge in [0, 0.05) is 17.7 Å². The minimum atomic E-state index is -0.254. The van der Waals surface area contributed by atoms with E-state index >= 15 is 0 Å². The fourth-order valence-corrected chi connectivity index (χ4v) is 2.75. The van der Waals surface area contributed by atoms with Crippen LogP contribution >= 0.6 is 0 Å². The van der Waals surface area contributed by atoms with Crippen LogP contribution < -0.4 is 14.8 Å². The van der Waals surface area contributed by atoms with Crippen molar-refractivity contribution >= 4 is 11.7 Å². The highest BCUT2D eigenvalue weighted by atomic mass is 16.5. The Morgan fingerprint density at radius 3 is 2.22 bits per heavy atom. The quantitative estimate of drug-likeness (QED) is 0.692. The van der Waals surface area contributed by atoms with Gasteiger partial charge in [0.2, 0.25) is 0 Å². The van der Waals surface area contributed by atoms with Crippen LogP contribution in [0.25, 0.3) is 0 Å². The molecule has 0 aliphatic carbocycles. The summed E-state index contributed by atoms with van der Waals surface area (Å²) in [5.41, 5.74) is 2.86. The maximum Gasteiger partial charge on any atom is 0.257 e. The molecular formula is C21H23N3O3. The van der Waals surface area contributed by atoms with Gasteiger partial charge in [0.05, 0.1) is 27.0 Å². The van der Waals surface area contributed by atoms with E-state index in [1.54, 1.807) is 49.4 Å². The molecule has 1 N–H and O–H groups in total. The average Bonchev–Trinajstić information content (AvgIpc) is 3.14. The second-order valence-electron chi connectivity index (χ2n) is 6.10. The first kappa shape index (κ1) is 18.5. The largest absolute Gasteiger partial charge is 0.497 e. The van der Waals surface area contributed by atoms with E-state index in [1.807, 2.05) is 0 Å². The van der Waals surface area contributed by atoms with E-state index in [1.165, 1.54) is 5.56 Å². The first-order chi connectivity index (χ1) is 13.1. The van der Waals surface area contributed by atoms with E-state index in [4.69, 9.17) is 9.47 Å². The monoisotopic (exact) mass is 365 g/mol. The molecule has 0 aliphatic rings. The van der Waals surface area contributed by atoms with Gasteiger partial charge in [-0.1, -0.05) is 31.2 Å². The minimum Gasteiger partial charge on any atom is -0.497 e. The first-order valence-electron chi connectivity index (χ1n) is 8.77. The van der Waals surface area contributed by atoms with Crippen LogP contribution in [-0.4, -0.2) is 29.9 Å². The number of aromatic nitrogens is 2. The van der Waals surface area contributed by atoms with Crippen molar-refractivity contribution in [2.75, 3.05) is 19.5 Å². The molecule has 6 heteroatoms. The highest BCUT2D eigenvalue weighted by molar-refractivity contribution is 6.04. The van der Waals surface area contributed by atoms with Crippen molar-refractivity contribution in [3.63, 3.8) is 0 Å². The van der Waals surface area contributed by atoms with Crippen LogP contribution in [0.2, 0.25) is 0 Å². The zero-order valence-corrected chi connectivity index (χ0v) is 15.7. The van der Waals surface area contributed by atoms with E-state index < -0.39 is 0 Å². The normalized spacial score (nSPS) is 10.5. The molecule has 1 amide bonds. The Hall–Kier alpha value is -3.28. The summed E-state index contributed by atoms with van der Waals surface area (Å²) in [7, 11) is 3.10. The van der Waals surface area contributed by atoms with Crippen molar-refractivity contribution in [3.05, 3.63) is 71.4 Å². The predicted molar refractivity (Wildman–Crippen MR) is 105 cm³/mol. The molecule has 0 aliphatic heterocycles. The zero-order valence-electron chi connectivity index (χ0n) is 15.7. The lowest BCUT2D eigenvalue weighted by molar-refractivity contribution is 0.102. The SMILES string of the molecule is CCc1ccc(Cn2nccc2NC(=O)c2cc(OC)cc(OC)c2)cc1. The van der Waals surface area contributed by atoms with Crippen LogP contribution in [0.15, 0.2) is 54.7 Å². The number of ether oxygens (including phenoxy) is 2. The van der Waals surface area contributed by atoms with Crippen molar-refractivity contribution in [3.8, 4) is 11.5 Å². The van der Waals surface area contributed by atoms with Gasteiger partial charge in [-0.25, -0.2) is 4.68 Å². The lowest BCUT2D eigenvalue weighted by Crippen LogP contribution is -2.16. The molecule has 0 fully saturated rings. The fraction of sp³-hybridized carbons (Fsp3) is 0.238. The number of amides is 1. The first-order valence-corrected chi connectivity index (χ1v) is 8.77. The molecule has 0 bridgehead atoms. The molecule has 1 heterocycles. The molecule has 0 unspecified atom stereocenters. The number of nitrogens with zero attached hydrogens (tertiary/aromatic N) is 2. The van der Waals surface area contributed by atoms with Crippen LogP contribution in [0, 0.1) is 0 Å². The number of hydrogen-bond donors (Lipinski definition) is 1. The van der Waals surface area contributed by atoms with E-state index in [2.05, 4.69) is 41.6 Å². The van der Waals surface area contributed by atoms with Gasteiger partial charge in [-0.05, 0) is 29.7 Å². The molecule has 3 aromatic rings. The van der Waals surface area contributed by atoms with Gasteiger partial charge in [0.1, 0.15) is 17.3 Å². The maximum atomic E-state index is 12.7. The number of aryl methyl sites for hydroxylation is 1. The number of rotatable bonds is 7. The number of methoxy groups -OCH3 is 2. The van der Waals surface area contributed by atoms with Crippen molar-refractivity contribution in [2.45, 2.75) is 19.9 Å². The lowest BCUT2D eigenvalue weighted by atomic mass is 10.1. The number of benzene rings is 2. The third kappa shape index (κ3) is 4.47. The highest BCUT2D eigenvalue weighted by Crippen LogP contribution is 2.23. The Morgan fingerprint density at radius 2 is 1.63 bits per heavy atom. The van der Waals surface area contributed by atoms with Gasteiger partial charge in [-0.3, -0.25) is 4.79 Å². The number of carbonyl (C=O) groups is 1. The Kier molecular flexibility index (Phi) is 5.76. The summed E-state index contributed by atoms with van der Waals surface area (Å²) in [6.45, 7) is 2.71. The van der Waals surface area contributed by atoms with Gasteiger partial charge >= 0.3 is 0 Å². The summed E-state index contributed by atoms with van der Waals surface area (Å²) in [4.78, 5) is 12.7. The summed E-state index contributed by atoms with van der Waals surface area (Å²) in [6.07, 6.45) is 2.68. The zero-order chi connectivity index (χ0) is 19.2. The number of anilines is 1. The molecule has 1 aromatic heterocycles. The molecule has 0 radical (unpaired) electrons. The summed E-state index contributed by atoms with van der Waals surface area (Å²) < 4.78 is 12.2. The molecular weight excluding hydrogens is 342 g/mol. The Balaban J connectivity index is 1.76. The van der Waals surface area contributed by atoms with Crippen LogP contribution in [0.3, 0.4) is 0 Å². The summed E-state index contributed by atoms with van der Waals surface area (Å²) in [5, 5.41) is 7.22. The van der Waals surface area contributed by atoms with Crippen molar-refractivity contribution in [1.29, 1.82) is 0 Å². The molecule has 140 valence electrons. The molecule has 0 atom stereocenters. The molecule has 2 aromatic carbocycles. The maximum absolute atomic E-state index is 12.7. The van der Waals surface area contributed by atoms with Crippen LogP contribution in [-0.2, 0) is 13.0 Å². The van der Waals surface area contributed by atoms with E-state index in [-0.39, 0.29) is 5.91 Å². The molecule has 27 heavy (non-hydrogen) atoms. The number of carbonyl (C=O) groups excluding carboxylic acids is 1. The van der Waals surface area contributed by atoms with Crippen molar-refractivity contribution < 1.29 is 14.3 Å². The Labute approximate surface area is 158 Å². The standard InChI is InChI=1S/C21H23N3O3/c1-4-15-5-7-16(8-6-15)14-24-20(9-10-22-24)23-21(25)17-11-18(26-2)13-19(12-17)27-3/h5-13H,4,14H2,1-3H3,(H,23,25). The third-order valence-electron chi connectivity index (χ3n) is 4.34. The molecule has 0 spiro atoms. The third-order valence-corrected chi connectivity index (χ3v) is 4.34. The van der Waals surface area contributed by atoms with Crippen molar-refractivity contribution in [2.24, 2.45) is 0 Å². The van der Waals surface area contributed by atoms with E-state index in [9.17, 15) is 4.79 Å². The van der Waals surface area contributed by atoms with Gasteiger partial charge in [0.25, 0.3) is 5.91 Å². The van der Waals surface area contributed by atoms with Gasteiger partial charge < -0.3 is 14.8 Å². The predicted octanol–water partition coefficient (Wildman–Crippen LogP) is 3.76. The second kappa shape index (κ2) is 8.40. The van der Waals surface area contributed by atoms with E-state index in [0.717, 1.165) is 12.0 Å². The summed E-state index contributed by atoms with van der Waals surface area (Å²) >= 11 is 0. The van der Waals surface area contributed by atoms with Crippen LogP contribution in [0.4, 0.5) is 5.82 Å². The molecule has 0 saturated heterocycles. The number of nitrogens with one attached hydrogen (secondary N) is 1. The molecule has 0 saturated carbocycles. The highest BCUT2D eigenvalue weighted by Gasteiger charge is 2.13. The minimum absolute atomic E-state index is 0.254. The average molecular weight is 365 g/mol. The van der Waals surface area contributed by atoms with Gasteiger partial charge in [-0.2, -0.15) is 5.10 Å². The Bertz CT molecular complexity index is 894. The lowest BCUT2D eigenvalue weighted by Gasteiger charge is -2.11. The summed E-state index contributed by atoms with van der Waals surface area (Å²) in [6, 6.07) is 15.2. The van der Waals surface area contributed by atoms with Crippen LogP contribution in [0.5, 0.6) is 11.5 Å².